The quantitative estimate of drug-likeness (QED) is 0.0582. The summed E-state index contributed by atoms with van der Waals surface area (Å²) in [4.78, 5) is 27.6. The van der Waals surface area contributed by atoms with Gasteiger partial charge < -0.3 is 30.3 Å². The largest absolute Gasteiger partial charge is 0.384 e. The van der Waals surface area contributed by atoms with Crippen LogP contribution >= 0.6 is 58.0 Å². The molecule has 3 aliphatic rings. The Morgan fingerprint density at radius 2 is 1.03 bits per heavy atom. The number of carbonyl (C=O) groups is 2. The zero-order valence-electron chi connectivity index (χ0n) is 54.8. The third kappa shape index (κ3) is 17.0. The molecular formula is C72H70Cl5N15O7S2. The molecule has 5 aromatic heterocycles. The summed E-state index contributed by atoms with van der Waals surface area (Å²) in [6, 6.07) is 39.5. The molecule has 3 saturated heterocycles. The number of fused-ring (bicyclic) bond motifs is 5. The molecule has 29 heteroatoms. The number of aryl methyl sites for hydroxylation is 1. The van der Waals surface area contributed by atoms with Gasteiger partial charge in [0.2, 0.25) is 10.0 Å². The van der Waals surface area contributed by atoms with E-state index in [4.69, 9.17) is 63.1 Å². The smallest absolute Gasteiger partial charge is 0.315 e. The highest BCUT2D eigenvalue weighted by Gasteiger charge is 2.40. The van der Waals surface area contributed by atoms with Gasteiger partial charge in [0, 0.05) is 109 Å². The predicted octanol–water partition coefficient (Wildman–Crippen LogP) is 15.1. The van der Waals surface area contributed by atoms with Crippen molar-refractivity contribution in [2.75, 3.05) is 48.8 Å². The van der Waals surface area contributed by atoms with E-state index in [1.54, 1.807) is 68.0 Å². The summed E-state index contributed by atoms with van der Waals surface area (Å²) >= 11 is 30.7. The van der Waals surface area contributed by atoms with Crippen LogP contribution in [0.1, 0.15) is 68.2 Å². The molecule has 8 heterocycles. The van der Waals surface area contributed by atoms with Crippen LogP contribution < -0.4 is 25.6 Å². The number of hydrogen-bond donors (Lipinski definition) is 9. The van der Waals surface area contributed by atoms with Gasteiger partial charge >= 0.3 is 6.03 Å². The number of anilines is 2. The fourth-order valence-corrected chi connectivity index (χ4v) is 15.3. The highest BCUT2D eigenvalue weighted by molar-refractivity contribution is 7.90. The van der Waals surface area contributed by atoms with E-state index in [1.807, 2.05) is 98.2 Å². The maximum Gasteiger partial charge on any atom is 0.315 e. The number of ketones is 1. The number of nitrogens with zero attached hydrogens (tertiary/aromatic N) is 7. The minimum absolute atomic E-state index is 0.0524. The van der Waals surface area contributed by atoms with Gasteiger partial charge in [0.05, 0.1) is 73.9 Å². The summed E-state index contributed by atoms with van der Waals surface area (Å²) in [5.41, 5.74) is 12.7. The number of rotatable bonds is 11. The van der Waals surface area contributed by atoms with Crippen molar-refractivity contribution in [3.05, 3.63) is 206 Å². The van der Waals surface area contributed by atoms with Gasteiger partial charge in [0.1, 0.15) is 11.9 Å². The van der Waals surface area contributed by atoms with E-state index in [9.17, 15) is 31.5 Å². The lowest BCUT2D eigenvalue weighted by molar-refractivity contribution is -0.117. The molecule has 2 amide bonds. The van der Waals surface area contributed by atoms with Gasteiger partial charge in [0.25, 0.3) is 0 Å². The Labute approximate surface area is 606 Å². The molecule has 3 aliphatic heterocycles. The number of sulfonamides is 1. The second-order valence-electron chi connectivity index (χ2n) is 25.3. The maximum absolute atomic E-state index is 11.6. The fraction of sp³-hybridized carbons (Fsp3) is 0.236. The molecule has 101 heavy (non-hydrogen) atoms. The number of aliphatic hydroxyl groups is 1. The number of nitrogens with two attached hydrogens (primary N) is 1. The van der Waals surface area contributed by atoms with Crippen molar-refractivity contribution in [2.24, 2.45) is 11.1 Å². The highest BCUT2D eigenvalue weighted by atomic mass is 35.5. The zero-order valence-corrected chi connectivity index (χ0v) is 60.2. The van der Waals surface area contributed by atoms with Crippen LogP contribution in [0.3, 0.4) is 0 Å². The molecule has 16 rings (SSSR count). The van der Waals surface area contributed by atoms with Crippen LogP contribution in [-0.2, 0) is 24.7 Å². The first-order valence-corrected chi connectivity index (χ1v) is 37.5. The monoisotopic (exact) mass is 1500 g/mol. The van der Waals surface area contributed by atoms with E-state index < -0.39 is 26.0 Å². The van der Waals surface area contributed by atoms with Crippen molar-refractivity contribution in [3.63, 3.8) is 0 Å². The summed E-state index contributed by atoms with van der Waals surface area (Å²) in [6.45, 7) is 8.10. The molecule has 0 saturated carbocycles. The zero-order chi connectivity index (χ0) is 71.3. The summed E-state index contributed by atoms with van der Waals surface area (Å²) < 4.78 is 45.7. The van der Waals surface area contributed by atoms with Crippen LogP contribution in [0.2, 0.25) is 25.1 Å². The maximum atomic E-state index is 11.6. The number of piperidine rings is 2. The van der Waals surface area contributed by atoms with Crippen molar-refractivity contribution in [1.29, 1.82) is 0 Å². The number of primary sulfonamides is 1. The number of H-pyrrole nitrogens is 5. The molecule has 522 valence electrons. The van der Waals surface area contributed by atoms with Crippen LogP contribution in [0.5, 0.6) is 0 Å². The van der Waals surface area contributed by atoms with Crippen molar-refractivity contribution in [2.45, 2.75) is 73.8 Å². The third-order valence-corrected chi connectivity index (χ3v) is 21.4. The molecule has 10 N–H and O–H groups in total. The van der Waals surface area contributed by atoms with Gasteiger partial charge in [-0.3, -0.25) is 25.5 Å². The first-order valence-electron chi connectivity index (χ1n) is 32.2. The van der Waals surface area contributed by atoms with E-state index in [0.29, 0.717) is 43.1 Å². The molecule has 22 nitrogen and oxygen atoms in total. The van der Waals surface area contributed by atoms with Crippen molar-refractivity contribution >= 4 is 156 Å². The topological polar surface area (TPSA) is 323 Å². The Bertz CT molecular complexity index is 5400. The molecule has 0 aliphatic carbocycles. The number of amides is 2. The minimum atomic E-state index is -3.69. The van der Waals surface area contributed by atoms with Crippen LogP contribution in [0, 0.1) is 12.8 Å². The summed E-state index contributed by atoms with van der Waals surface area (Å²) in [7, 11) is -6.89. The molecule has 13 aromatic rings. The van der Waals surface area contributed by atoms with Crippen LogP contribution in [0.25, 0.3) is 76.8 Å². The van der Waals surface area contributed by atoms with E-state index in [1.165, 1.54) is 18.4 Å². The van der Waals surface area contributed by atoms with Crippen molar-refractivity contribution < 1.29 is 31.5 Å². The van der Waals surface area contributed by atoms with E-state index in [2.05, 4.69) is 71.4 Å². The number of sulfone groups is 1. The Balaban J connectivity index is 0.000000120. The molecule has 1 spiro atoms. The van der Waals surface area contributed by atoms with Gasteiger partial charge in [-0.15, -0.1) is 0 Å². The van der Waals surface area contributed by atoms with E-state index >= 15 is 0 Å². The Kier molecular flexibility index (Phi) is 21.8. The van der Waals surface area contributed by atoms with E-state index in [0.717, 1.165) is 175 Å². The van der Waals surface area contributed by atoms with Gasteiger partial charge in [-0.2, -0.15) is 25.5 Å². The molecule has 3 fully saturated rings. The van der Waals surface area contributed by atoms with Crippen molar-refractivity contribution in [3.8, 4) is 22.3 Å². The predicted molar refractivity (Wildman–Crippen MR) is 402 cm³/mol. The second-order valence-corrected chi connectivity index (χ2v) is 31.0. The Hall–Kier alpha value is -9.08. The number of aromatic nitrogens is 10. The van der Waals surface area contributed by atoms with Gasteiger partial charge in [-0.25, -0.2) is 26.8 Å². The number of aliphatic hydroxyl groups excluding tert-OH is 1. The summed E-state index contributed by atoms with van der Waals surface area (Å²) in [6.07, 6.45) is 15.2. The van der Waals surface area contributed by atoms with Gasteiger partial charge in [-0.05, 0) is 176 Å². The first-order chi connectivity index (χ1) is 48.3. The molecular weight excluding hydrogens is 1430 g/mol. The first kappa shape index (κ1) is 71.7. The third-order valence-electron chi connectivity index (χ3n) is 18.3. The number of benzene rings is 8. The Morgan fingerprint density at radius 1 is 0.574 bits per heavy atom. The average molecular weight is 1500 g/mol. The molecule has 0 radical (unpaired) electrons. The van der Waals surface area contributed by atoms with Gasteiger partial charge in [-0.1, -0.05) is 107 Å². The Morgan fingerprint density at radius 3 is 1.52 bits per heavy atom. The lowest BCUT2D eigenvalue weighted by Crippen LogP contribution is -2.52. The SMILES string of the molecule is CC(=O)CCC1CCN(c2cc(Cl)cc3[nH]ncc23)CC1.Cc1cc(S(C)(=O)=O)ccc1-c1cc(Cl)cc2[nH]ncc12.NS(=O)(=O)c1ccc(-c2cc(Cl)cc3[nH]ncc23)cc1.O=C1NCC2(CCN(c3cc(Cl)cc4[nH]ncc34)CC2)N1.OC(c1ccccc1)c1cc(Cl)cc2[nH]ncc12. The molecule has 0 bridgehead atoms. The van der Waals surface area contributed by atoms with E-state index in [-0.39, 0.29) is 16.5 Å². The number of halogens is 5. The second kappa shape index (κ2) is 30.6. The number of nitrogens with one attached hydrogen (secondary N) is 7. The fourth-order valence-electron chi connectivity index (χ4n) is 13.0. The molecule has 1 atom stereocenters. The molecule has 8 aromatic carbocycles. The van der Waals surface area contributed by atoms with Crippen LogP contribution in [0.4, 0.5) is 16.2 Å². The summed E-state index contributed by atoms with van der Waals surface area (Å²) in [5, 5.41) is 64.4. The normalized spacial score (nSPS) is 14.9. The lowest BCUT2D eigenvalue weighted by atomic mass is 9.88. The number of Topliss-reactive ketones (excluding diaryl/α,β-unsaturated/α-hetero) is 1. The standard InChI is InChI=1S/C16H20ClN3O.C15H13ClN2O2S.C14H16ClN5O.C14H11ClN2O.C13H10ClN3O2S/c1-11(21)2-3-12-4-6-20(7-5-12)16-9-13(17)8-15-14(16)10-18-19-15;1-9-5-11(21(2,19)20)3-4-12(9)13-6-10(16)7-15-14(13)8-17-18-15;15-9-5-11-10(7-17-19-11)12(6-9)20-3-1-14(2-4-20)8-16-13(21)18-14;15-10-6-11(12-8-16-17-13(12)7-10)14(18)9-4-2-1-3-5-9;14-9-5-11(12-7-16-17-13(12)6-9)8-1-3-10(4-2-8)20(15,18)19/h8-10,12H,2-7H2,1H3,(H,18,19);3-8H,1-2H3,(H,17,18);5-7H,1-4,8H2,(H,17,19)(H2,16,18,21);1-8,14,18H,(H,16,17);1-7H,(H,16,17)(H2,15,18,19). The van der Waals surface area contributed by atoms with Crippen molar-refractivity contribution in [1.82, 2.24) is 61.6 Å². The molecule has 1 unspecified atom stereocenters. The average Bonchev–Trinajstić information content (AvgIpc) is 1.66. The highest BCUT2D eigenvalue weighted by Crippen LogP contribution is 2.39. The lowest BCUT2D eigenvalue weighted by Gasteiger charge is -2.39. The number of hydrogen-bond acceptors (Lipinski definition) is 14. The van der Waals surface area contributed by atoms with Gasteiger partial charge in [0.15, 0.2) is 9.84 Å². The number of carbonyl (C=O) groups excluding carboxylic acids is 2. The minimum Gasteiger partial charge on any atom is -0.384 e. The number of urea groups is 1. The van der Waals surface area contributed by atoms with Crippen LogP contribution in [-0.4, -0.2) is 129 Å². The van der Waals surface area contributed by atoms with Crippen LogP contribution in [0.15, 0.2) is 174 Å². The summed E-state index contributed by atoms with van der Waals surface area (Å²) in [5.74, 6) is 0.969. The number of aromatic amines is 5.